The van der Waals surface area contributed by atoms with Crippen LogP contribution in [0, 0.1) is 0 Å². The molecule has 0 atom stereocenters. The smallest absolute Gasteiger partial charge is 0.223 e. The zero-order chi connectivity index (χ0) is 13.5. The maximum Gasteiger partial charge on any atom is 0.223 e. The van der Waals surface area contributed by atoms with Gasteiger partial charge < -0.3 is 10.2 Å². The number of carbonyl (C=O) groups excluding carboxylic acids is 1. The lowest BCUT2D eigenvalue weighted by molar-refractivity contribution is -0.131. The summed E-state index contributed by atoms with van der Waals surface area (Å²) in [4.78, 5) is 13.9. The fourth-order valence-corrected chi connectivity index (χ4v) is 2.82. The van der Waals surface area contributed by atoms with Gasteiger partial charge in [0.1, 0.15) is 0 Å². The summed E-state index contributed by atoms with van der Waals surface area (Å²) in [5.41, 5.74) is 1.24. The molecule has 0 bridgehead atoms. The van der Waals surface area contributed by atoms with E-state index in [9.17, 15) is 4.79 Å². The van der Waals surface area contributed by atoms with Crippen LogP contribution in [0.4, 0.5) is 0 Å². The van der Waals surface area contributed by atoms with Crippen LogP contribution in [0.15, 0.2) is 28.7 Å². The first-order valence-corrected chi connectivity index (χ1v) is 7.78. The first-order valence-electron chi connectivity index (χ1n) is 6.98. The Hall–Kier alpha value is -0.870. The highest BCUT2D eigenvalue weighted by Crippen LogP contribution is 2.11. The zero-order valence-corrected chi connectivity index (χ0v) is 12.8. The summed E-state index contributed by atoms with van der Waals surface area (Å²) in [6, 6.07) is 8.23. The van der Waals surface area contributed by atoms with Crippen LogP contribution in [0.25, 0.3) is 0 Å². The van der Waals surface area contributed by atoms with E-state index in [-0.39, 0.29) is 0 Å². The number of likely N-dealkylation sites (tertiary alicyclic amines) is 1. The van der Waals surface area contributed by atoms with Crippen molar-refractivity contribution in [2.75, 3.05) is 19.6 Å². The second-order valence-corrected chi connectivity index (χ2v) is 5.91. The average Bonchev–Trinajstić information content (AvgIpc) is 2.44. The van der Waals surface area contributed by atoms with Gasteiger partial charge in [-0.2, -0.15) is 0 Å². The first kappa shape index (κ1) is 14.5. The minimum atomic E-state index is 0.293. The highest BCUT2D eigenvalue weighted by molar-refractivity contribution is 9.10. The molecule has 0 saturated carbocycles. The molecule has 1 saturated heterocycles. The molecule has 0 spiro atoms. The Bertz CT molecular complexity index is 416. The summed E-state index contributed by atoms with van der Waals surface area (Å²) < 4.78 is 1.09. The Morgan fingerprint density at radius 3 is 2.79 bits per heavy atom. The van der Waals surface area contributed by atoms with E-state index in [1.807, 2.05) is 17.0 Å². The number of hydrogen-bond donors (Lipinski definition) is 1. The Morgan fingerprint density at radius 1 is 1.26 bits per heavy atom. The summed E-state index contributed by atoms with van der Waals surface area (Å²) in [5, 5.41) is 3.33. The van der Waals surface area contributed by atoms with Crippen molar-refractivity contribution >= 4 is 21.8 Å². The van der Waals surface area contributed by atoms with Crippen LogP contribution in [0.3, 0.4) is 0 Å². The highest BCUT2D eigenvalue weighted by Gasteiger charge is 2.15. The van der Waals surface area contributed by atoms with Gasteiger partial charge in [-0.3, -0.25) is 4.79 Å². The standard InChI is InChI=1S/C15H21BrN2O/c16-14-6-4-5-13(11-14)12-17-8-7-15(19)18-9-2-1-3-10-18/h4-6,11,17H,1-3,7-10,12H2. The van der Waals surface area contributed by atoms with Crippen molar-refractivity contribution in [3.8, 4) is 0 Å². The third-order valence-electron chi connectivity index (χ3n) is 3.44. The second kappa shape index (κ2) is 7.65. The lowest BCUT2D eigenvalue weighted by Crippen LogP contribution is -2.37. The van der Waals surface area contributed by atoms with Crippen molar-refractivity contribution in [3.63, 3.8) is 0 Å². The predicted molar refractivity (Wildman–Crippen MR) is 80.9 cm³/mol. The quantitative estimate of drug-likeness (QED) is 0.844. The molecule has 0 aliphatic carbocycles. The lowest BCUT2D eigenvalue weighted by atomic mass is 10.1. The van der Waals surface area contributed by atoms with E-state index < -0.39 is 0 Å². The van der Waals surface area contributed by atoms with Crippen LogP contribution in [0.5, 0.6) is 0 Å². The van der Waals surface area contributed by atoms with Crippen molar-refractivity contribution in [3.05, 3.63) is 34.3 Å². The molecule has 2 rings (SSSR count). The number of nitrogens with zero attached hydrogens (tertiary/aromatic N) is 1. The Morgan fingerprint density at radius 2 is 2.05 bits per heavy atom. The van der Waals surface area contributed by atoms with Gasteiger partial charge in [-0.05, 0) is 37.0 Å². The van der Waals surface area contributed by atoms with Crippen LogP contribution in [-0.2, 0) is 11.3 Å². The van der Waals surface area contributed by atoms with Gasteiger partial charge in [0.15, 0.2) is 0 Å². The van der Waals surface area contributed by atoms with Crippen molar-refractivity contribution in [1.29, 1.82) is 0 Å². The predicted octanol–water partition coefficient (Wildman–Crippen LogP) is 2.94. The van der Waals surface area contributed by atoms with E-state index in [0.717, 1.165) is 43.5 Å². The molecule has 4 heteroatoms. The van der Waals surface area contributed by atoms with Gasteiger partial charge in [-0.25, -0.2) is 0 Å². The molecule has 1 N–H and O–H groups in total. The third-order valence-corrected chi connectivity index (χ3v) is 3.94. The molecular formula is C15H21BrN2O. The van der Waals surface area contributed by atoms with Crippen molar-refractivity contribution < 1.29 is 4.79 Å². The SMILES string of the molecule is O=C(CCNCc1cccc(Br)c1)N1CCCCC1. The summed E-state index contributed by atoms with van der Waals surface area (Å²) in [6.07, 6.45) is 4.20. The van der Waals surface area contributed by atoms with E-state index in [2.05, 4.69) is 33.4 Å². The summed E-state index contributed by atoms with van der Waals surface area (Å²) in [7, 11) is 0. The number of carbonyl (C=O) groups is 1. The monoisotopic (exact) mass is 324 g/mol. The van der Waals surface area contributed by atoms with Gasteiger partial charge in [-0.15, -0.1) is 0 Å². The normalized spacial score (nSPS) is 15.5. The van der Waals surface area contributed by atoms with Crippen molar-refractivity contribution in [1.82, 2.24) is 10.2 Å². The maximum absolute atomic E-state index is 11.9. The second-order valence-electron chi connectivity index (χ2n) is 5.00. The zero-order valence-electron chi connectivity index (χ0n) is 11.2. The maximum atomic E-state index is 11.9. The van der Waals surface area contributed by atoms with Crippen LogP contribution in [0.1, 0.15) is 31.2 Å². The van der Waals surface area contributed by atoms with Crippen LogP contribution in [0.2, 0.25) is 0 Å². The van der Waals surface area contributed by atoms with Crippen LogP contribution < -0.4 is 5.32 Å². The van der Waals surface area contributed by atoms with Crippen molar-refractivity contribution in [2.24, 2.45) is 0 Å². The van der Waals surface area contributed by atoms with Gasteiger partial charge in [-0.1, -0.05) is 28.1 Å². The molecule has 1 aliphatic rings. The summed E-state index contributed by atoms with van der Waals surface area (Å²) >= 11 is 3.46. The average molecular weight is 325 g/mol. The summed E-state index contributed by atoms with van der Waals surface area (Å²) in [6.45, 7) is 3.46. The van der Waals surface area contributed by atoms with E-state index in [4.69, 9.17) is 0 Å². The Kier molecular flexibility index (Phi) is 5.86. The van der Waals surface area contributed by atoms with Crippen LogP contribution in [-0.4, -0.2) is 30.4 Å². The Balaban J connectivity index is 1.65. The topological polar surface area (TPSA) is 32.3 Å². The van der Waals surface area contributed by atoms with Gasteiger partial charge in [0.2, 0.25) is 5.91 Å². The molecular weight excluding hydrogens is 304 g/mol. The van der Waals surface area contributed by atoms with E-state index in [1.165, 1.54) is 12.0 Å². The fraction of sp³-hybridized carbons (Fsp3) is 0.533. The Labute approximate surface area is 123 Å². The molecule has 104 valence electrons. The molecule has 1 fully saturated rings. The third kappa shape index (κ3) is 4.96. The lowest BCUT2D eigenvalue weighted by Gasteiger charge is -2.26. The molecule has 3 nitrogen and oxygen atoms in total. The molecule has 0 radical (unpaired) electrons. The molecule has 1 aromatic rings. The van der Waals surface area contributed by atoms with Gasteiger partial charge in [0.05, 0.1) is 0 Å². The molecule has 1 amide bonds. The number of benzene rings is 1. The van der Waals surface area contributed by atoms with Gasteiger partial charge in [0, 0.05) is 37.1 Å². The van der Waals surface area contributed by atoms with E-state index >= 15 is 0 Å². The summed E-state index contributed by atoms with van der Waals surface area (Å²) in [5.74, 6) is 0.293. The van der Waals surface area contributed by atoms with E-state index in [1.54, 1.807) is 0 Å². The number of nitrogens with one attached hydrogen (secondary N) is 1. The molecule has 1 aromatic carbocycles. The highest BCUT2D eigenvalue weighted by atomic mass is 79.9. The number of piperidine rings is 1. The minimum Gasteiger partial charge on any atom is -0.343 e. The molecule has 0 unspecified atom stereocenters. The molecule has 1 aliphatic heterocycles. The molecule has 0 aromatic heterocycles. The number of amides is 1. The molecule has 1 heterocycles. The largest absolute Gasteiger partial charge is 0.343 e. The fourth-order valence-electron chi connectivity index (χ4n) is 2.38. The van der Waals surface area contributed by atoms with Gasteiger partial charge >= 0.3 is 0 Å². The number of hydrogen-bond acceptors (Lipinski definition) is 2. The van der Waals surface area contributed by atoms with Crippen molar-refractivity contribution in [2.45, 2.75) is 32.2 Å². The molecule has 19 heavy (non-hydrogen) atoms. The van der Waals surface area contributed by atoms with Gasteiger partial charge in [0.25, 0.3) is 0 Å². The number of halogens is 1. The van der Waals surface area contributed by atoms with E-state index in [0.29, 0.717) is 12.3 Å². The first-order chi connectivity index (χ1) is 9.25. The number of rotatable bonds is 5. The minimum absolute atomic E-state index is 0.293. The van der Waals surface area contributed by atoms with Crippen LogP contribution >= 0.6 is 15.9 Å².